The van der Waals surface area contributed by atoms with Crippen LogP contribution in [0.5, 0.6) is 0 Å². The molecule has 0 radical (unpaired) electrons. The molecule has 7 heteroatoms. The van der Waals surface area contributed by atoms with E-state index >= 15 is 0 Å². The Morgan fingerprint density at radius 1 is 1.05 bits per heavy atom. The molecule has 0 spiro atoms. The maximum Gasteiger partial charge on any atom is 0.242 e. The van der Waals surface area contributed by atoms with Gasteiger partial charge in [0, 0.05) is 15.5 Å². The highest BCUT2D eigenvalue weighted by Crippen LogP contribution is 2.24. The van der Waals surface area contributed by atoms with Gasteiger partial charge in [-0.15, -0.1) is 0 Å². The van der Waals surface area contributed by atoms with Crippen LogP contribution < -0.4 is 4.72 Å². The van der Waals surface area contributed by atoms with Crippen LogP contribution in [0, 0.1) is 0 Å². The molecule has 0 aromatic heterocycles. The normalized spacial score (nSPS) is 11.6. The molecule has 112 valence electrons. The number of halogens is 2. The zero-order valence-corrected chi connectivity index (χ0v) is 14.9. The molecule has 21 heavy (non-hydrogen) atoms. The molecule has 0 fully saturated rings. The van der Waals surface area contributed by atoms with Crippen molar-refractivity contribution in [2.45, 2.75) is 18.0 Å². The van der Waals surface area contributed by atoms with Crippen molar-refractivity contribution in [3.63, 3.8) is 0 Å². The van der Waals surface area contributed by atoms with Crippen molar-refractivity contribution in [3.8, 4) is 0 Å². The number of aliphatic hydroxyl groups is 1. The highest BCUT2D eigenvalue weighted by atomic mass is 79.9. The van der Waals surface area contributed by atoms with Gasteiger partial charge in [-0.2, -0.15) is 0 Å². The lowest BCUT2D eigenvalue weighted by atomic mass is 10.2. The van der Waals surface area contributed by atoms with Crippen molar-refractivity contribution in [2.75, 3.05) is 0 Å². The van der Waals surface area contributed by atoms with Crippen LogP contribution in [-0.2, 0) is 23.2 Å². The number of rotatable bonds is 5. The highest BCUT2D eigenvalue weighted by Gasteiger charge is 2.18. The molecule has 0 aliphatic rings. The molecule has 2 rings (SSSR count). The van der Waals surface area contributed by atoms with Gasteiger partial charge < -0.3 is 5.11 Å². The number of nitrogens with one attached hydrogen (secondary N) is 1. The number of hydrogen-bond donors (Lipinski definition) is 2. The first-order valence-corrected chi connectivity index (χ1v) is 9.13. The van der Waals surface area contributed by atoms with E-state index in [2.05, 4.69) is 36.6 Å². The van der Waals surface area contributed by atoms with Gasteiger partial charge in [0.1, 0.15) is 0 Å². The first-order chi connectivity index (χ1) is 9.94. The van der Waals surface area contributed by atoms with Gasteiger partial charge in [-0.1, -0.05) is 40.2 Å². The molecule has 0 aliphatic heterocycles. The van der Waals surface area contributed by atoms with Crippen LogP contribution in [0.3, 0.4) is 0 Å². The summed E-state index contributed by atoms with van der Waals surface area (Å²) in [5.74, 6) is 0. The Balaban J connectivity index is 2.25. The minimum atomic E-state index is -3.67. The molecule has 0 aliphatic carbocycles. The Kier molecular flexibility index (Phi) is 5.56. The molecule has 2 aromatic rings. The van der Waals surface area contributed by atoms with Crippen LogP contribution in [-0.4, -0.2) is 13.5 Å². The average Bonchev–Trinajstić information content (AvgIpc) is 2.47. The van der Waals surface area contributed by atoms with E-state index in [9.17, 15) is 8.42 Å². The summed E-state index contributed by atoms with van der Waals surface area (Å²) in [5.41, 5.74) is 1.38. The van der Waals surface area contributed by atoms with Crippen LogP contribution in [0.25, 0.3) is 0 Å². The Morgan fingerprint density at radius 3 is 2.43 bits per heavy atom. The highest BCUT2D eigenvalue weighted by molar-refractivity contribution is 9.10. The fourth-order valence-corrected chi connectivity index (χ4v) is 4.19. The SMILES string of the molecule is O=S(=O)(NCc1ccccc1Br)c1cc(CO)ccc1Br. The second-order valence-corrected chi connectivity index (χ2v) is 7.78. The monoisotopic (exact) mass is 433 g/mol. The van der Waals surface area contributed by atoms with E-state index < -0.39 is 10.0 Å². The summed E-state index contributed by atoms with van der Waals surface area (Å²) in [6.45, 7) is -0.0282. The Labute approximate surface area is 140 Å². The summed E-state index contributed by atoms with van der Waals surface area (Å²) in [6, 6.07) is 12.1. The number of aliphatic hydroxyl groups excluding tert-OH is 1. The summed E-state index contributed by atoms with van der Waals surface area (Å²) in [5, 5.41) is 9.13. The van der Waals surface area contributed by atoms with Crippen molar-refractivity contribution in [1.82, 2.24) is 4.72 Å². The van der Waals surface area contributed by atoms with Crippen LogP contribution >= 0.6 is 31.9 Å². The molecule has 0 unspecified atom stereocenters. The number of sulfonamides is 1. The molecule has 0 saturated heterocycles. The molecule has 0 saturated carbocycles. The largest absolute Gasteiger partial charge is 0.392 e. The Bertz CT molecular complexity index is 748. The molecule has 0 heterocycles. The third-order valence-corrected chi connectivity index (χ3v) is 6.05. The first-order valence-electron chi connectivity index (χ1n) is 6.06. The third kappa shape index (κ3) is 4.14. The molecule has 0 atom stereocenters. The van der Waals surface area contributed by atoms with E-state index in [1.165, 1.54) is 6.07 Å². The van der Waals surface area contributed by atoms with Gasteiger partial charge in [-0.25, -0.2) is 13.1 Å². The van der Waals surface area contributed by atoms with Crippen molar-refractivity contribution >= 4 is 41.9 Å². The van der Waals surface area contributed by atoms with Gasteiger partial charge in [-0.05, 0) is 45.3 Å². The fraction of sp³-hybridized carbons (Fsp3) is 0.143. The van der Waals surface area contributed by atoms with Gasteiger partial charge in [-0.3, -0.25) is 0 Å². The second-order valence-electron chi connectivity index (χ2n) is 4.34. The van der Waals surface area contributed by atoms with Gasteiger partial charge in [0.25, 0.3) is 0 Å². The second kappa shape index (κ2) is 7.02. The first kappa shape index (κ1) is 16.6. The lowest BCUT2D eigenvalue weighted by Crippen LogP contribution is -2.24. The molecule has 0 amide bonds. The van der Waals surface area contributed by atoms with Crippen molar-refractivity contribution in [2.24, 2.45) is 0 Å². The lowest BCUT2D eigenvalue weighted by Gasteiger charge is -2.10. The van der Waals surface area contributed by atoms with Gasteiger partial charge in [0.15, 0.2) is 0 Å². The average molecular weight is 435 g/mol. The molecule has 0 bridgehead atoms. The lowest BCUT2D eigenvalue weighted by molar-refractivity contribution is 0.281. The quantitative estimate of drug-likeness (QED) is 0.759. The summed E-state index contributed by atoms with van der Waals surface area (Å²) in [4.78, 5) is 0.112. The Hall–Kier alpha value is -0.730. The topological polar surface area (TPSA) is 66.4 Å². The van der Waals surface area contributed by atoms with Gasteiger partial charge in [0.2, 0.25) is 10.0 Å². The van der Waals surface area contributed by atoms with Crippen molar-refractivity contribution in [3.05, 3.63) is 62.5 Å². The van der Waals surface area contributed by atoms with E-state index in [0.29, 0.717) is 10.0 Å². The maximum atomic E-state index is 12.4. The summed E-state index contributed by atoms with van der Waals surface area (Å²) in [6.07, 6.45) is 0. The van der Waals surface area contributed by atoms with Crippen LogP contribution in [0.15, 0.2) is 56.3 Å². The Morgan fingerprint density at radius 2 is 1.76 bits per heavy atom. The molecule has 2 aromatic carbocycles. The van der Waals surface area contributed by atoms with E-state index in [-0.39, 0.29) is 18.0 Å². The summed E-state index contributed by atoms with van der Waals surface area (Å²) >= 11 is 6.61. The van der Waals surface area contributed by atoms with Crippen LogP contribution in [0.1, 0.15) is 11.1 Å². The van der Waals surface area contributed by atoms with Crippen LogP contribution in [0.4, 0.5) is 0 Å². The van der Waals surface area contributed by atoms with Crippen molar-refractivity contribution in [1.29, 1.82) is 0 Å². The van der Waals surface area contributed by atoms with E-state index in [4.69, 9.17) is 5.11 Å². The molecular formula is C14H13Br2NO3S. The zero-order chi connectivity index (χ0) is 15.5. The smallest absolute Gasteiger partial charge is 0.242 e. The number of hydrogen-bond acceptors (Lipinski definition) is 3. The van der Waals surface area contributed by atoms with E-state index in [0.717, 1.165) is 10.0 Å². The van der Waals surface area contributed by atoms with Crippen LogP contribution in [0.2, 0.25) is 0 Å². The summed E-state index contributed by atoms with van der Waals surface area (Å²) < 4.78 is 28.6. The standard InChI is InChI=1S/C14H13Br2NO3S/c15-12-4-2-1-3-11(12)8-17-21(19,20)14-7-10(9-18)5-6-13(14)16/h1-7,17-18H,8-9H2. The van der Waals surface area contributed by atoms with Gasteiger partial charge >= 0.3 is 0 Å². The third-order valence-electron chi connectivity index (χ3n) is 2.88. The predicted molar refractivity (Wildman–Crippen MR) is 88.2 cm³/mol. The summed E-state index contributed by atoms with van der Waals surface area (Å²) in [7, 11) is -3.67. The van der Waals surface area contributed by atoms with Crippen molar-refractivity contribution < 1.29 is 13.5 Å². The maximum absolute atomic E-state index is 12.4. The molecule has 4 nitrogen and oxygen atoms in total. The minimum absolute atomic E-state index is 0.112. The zero-order valence-electron chi connectivity index (χ0n) is 10.9. The minimum Gasteiger partial charge on any atom is -0.392 e. The van der Waals surface area contributed by atoms with E-state index in [1.54, 1.807) is 12.1 Å². The fourth-order valence-electron chi connectivity index (χ4n) is 1.74. The molecule has 2 N–H and O–H groups in total. The van der Waals surface area contributed by atoms with Gasteiger partial charge in [0.05, 0.1) is 11.5 Å². The van der Waals surface area contributed by atoms with E-state index in [1.807, 2.05) is 24.3 Å². The number of benzene rings is 2. The predicted octanol–water partition coefficient (Wildman–Crippen LogP) is 3.18. The molecular weight excluding hydrogens is 422 g/mol.